The first-order valence-electron chi connectivity index (χ1n) is 8.48. The topological polar surface area (TPSA) is 53.9 Å². The Morgan fingerprint density at radius 3 is 3.17 bits per heavy atom. The van der Waals surface area contributed by atoms with Crippen LogP contribution in [0.5, 0.6) is 0 Å². The Bertz CT molecular complexity index is 911. The molecule has 1 N–H and O–H groups in total. The van der Waals surface area contributed by atoms with Crippen LogP contribution >= 0.6 is 0 Å². The van der Waals surface area contributed by atoms with Crippen molar-refractivity contribution in [3.05, 3.63) is 64.5 Å². The second kappa shape index (κ2) is 6.24. The Morgan fingerprint density at radius 1 is 1.38 bits per heavy atom. The summed E-state index contributed by atoms with van der Waals surface area (Å²) >= 11 is 0. The minimum Gasteiger partial charge on any atom is -0.335 e. The summed E-state index contributed by atoms with van der Waals surface area (Å²) in [6.45, 7) is 2.69. The Morgan fingerprint density at radius 2 is 2.25 bits per heavy atom. The van der Waals surface area contributed by atoms with Crippen molar-refractivity contribution in [2.75, 3.05) is 13.6 Å². The normalized spacial score (nSPS) is 17.3. The van der Waals surface area contributed by atoms with E-state index in [-0.39, 0.29) is 5.56 Å². The molecule has 1 aliphatic heterocycles. The van der Waals surface area contributed by atoms with Crippen LogP contribution in [-0.4, -0.2) is 33.0 Å². The highest BCUT2D eigenvalue weighted by Gasteiger charge is 2.20. The first-order chi connectivity index (χ1) is 11.7. The summed E-state index contributed by atoms with van der Waals surface area (Å²) in [5.74, 6) is 1.80. The summed E-state index contributed by atoms with van der Waals surface area (Å²) in [4.78, 5) is 21.9. The molecule has 1 aliphatic rings. The number of fused-ring (bicyclic) bond motifs is 2. The maximum Gasteiger partial charge on any atom is 0.252 e. The fraction of sp³-hybridized carbons (Fsp3) is 0.368. The minimum absolute atomic E-state index is 0.0149. The SMILES string of the molecule is CN(Cc1cc2ccccc2[nH]c1=O)CC1CCc2nccn2C1. The van der Waals surface area contributed by atoms with E-state index in [0.29, 0.717) is 12.5 Å². The number of nitrogens with one attached hydrogen (secondary N) is 1. The third-order valence-electron chi connectivity index (χ3n) is 4.87. The number of hydrogen-bond donors (Lipinski definition) is 1. The van der Waals surface area contributed by atoms with Gasteiger partial charge in [0.1, 0.15) is 5.82 Å². The van der Waals surface area contributed by atoms with E-state index in [1.54, 1.807) is 0 Å². The Hall–Kier alpha value is -2.40. The number of H-pyrrole nitrogens is 1. The van der Waals surface area contributed by atoms with Gasteiger partial charge in [-0.2, -0.15) is 0 Å². The maximum absolute atomic E-state index is 12.3. The van der Waals surface area contributed by atoms with Crippen LogP contribution in [0.15, 0.2) is 47.5 Å². The summed E-state index contributed by atoms with van der Waals surface area (Å²) in [6, 6.07) is 9.93. The summed E-state index contributed by atoms with van der Waals surface area (Å²) < 4.78 is 2.25. The third kappa shape index (κ3) is 2.99. The van der Waals surface area contributed by atoms with Gasteiger partial charge in [-0.3, -0.25) is 4.79 Å². The van der Waals surface area contributed by atoms with Crippen LogP contribution in [0.1, 0.15) is 17.8 Å². The smallest absolute Gasteiger partial charge is 0.252 e. The van der Waals surface area contributed by atoms with E-state index in [2.05, 4.69) is 32.7 Å². The molecule has 0 radical (unpaired) electrons. The van der Waals surface area contributed by atoms with Crippen molar-refractivity contribution in [2.24, 2.45) is 5.92 Å². The molecule has 3 aromatic rings. The number of aromatic nitrogens is 3. The molecule has 0 bridgehead atoms. The number of rotatable bonds is 4. The van der Waals surface area contributed by atoms with Gasteiger partial charge >= 0.3 is 0 Å². The molecular formula is C19H22N4O. The molecule has 124 valence electrons. The molecule has 24 heavy (non-hydrogen) atoms. The predicted octanol–water partition coefficient (Wildman–Crippen LogP) is 2.42. The molecule has 0 fully saturated rings. The van der Waals surface area contributed by atoms with Crippen molar-refractivity contribution in [2.45, 2.75) is 25.9 Å². The van der Waals surface area contributed by atoms with E-state index in [1.165, 1.54) is 5.82 Å². The number of aryl methyl sites for hydroxylation is 1. The lowest BCUT2D eigenvalue weighted by atomic mass is 9.99. The van der Waals surface area contributed by atoms with E-state index in [4.69, 9.17) is 0 Å². The molecule has 0 aliphatic carbocycles. The zero-order chi connectivity index (χ0) is 16.5. The Labute approximate surface area is 140 Å². The van der Waals surface area contributed by atoms with Gasteiger partial charge in [0.15, 0.2) is 0 Å². The van der Waals surface area contributed by atoms with Crippen LogP contribution in [-0.2, 0) is 19.5 Å². The van der Waals surface area contributed by atoms with Crippen molar-refractivity contribution in [1.29, 1.82) is 0 Å². The average Bonchev–Trinajstić information content (AvgIpc) is 3.03. The van der Waals surface area contributed by atoms with Crippen molar-refractivity contribution in [1.82, 2.24) is 19.4 Å². The largest absolute Gasteiger partial charge is 0.335 e. The molecule has 1 unspecified atom stereocenters. The quantitative estimate of drug-likeness (QED) is 0.802. The second-order valence-electron chi connectivity index (χ2n) is 6.81. The summed E-state index contributed by atoms with van der Waals surface area (Å²) in [5, 5.41) is 1.08. The first kappa shape index (κ1) is 15.1. The van der Waals surface area contributed by atoms with Crippen molar-refractivity contribution >= 4 is 10.9 Å². The van der Waals surface area contributed by atoms with Crippen molar-refractivity contribution in [3.8, 4) is 0 Å². The number of hydrogen-bond acceptors (Lipinski definition) is 3. The van der Waals surface area contributed by atoms with Gasteiger partial charge in [0.2, 0.25) is 0 Å². The monoisotopic (exact) mass is 322 g/mol. The molecular weight excluding hydrogens is 300 g/mol. The van der Waals surface area contributed by atoms with E-state index in [0.717, 1.165) is 42.4 Å². The molecule has 0 amide bonds. The number of pyridine rings is 1. The van der Waals surface area contributed by atoms with Crippen molar-refractivity contribution < 1.29 is 0 Å². The number of nitrogens with zero attached hydrogens (tertiary/aromatic N) is 3. The van der Waals surface area contributed by atoms with E-state index in [9.17, 15) is 4.79 Å². The molecule has 5 nitrogen and oxygen atoms in total. The summed E-state index contributed by atoms with van der Waals surface area (Å²) in [5.41, 5.74) is 1.74. The van der Waals surface area contributed by atoms with E-state index < -0.39 is 0 Å². The fourth-order valence-corrected chi connectivity index (χ4v) is 3.69. The van der Waals surface area contributed by atoms with Gasteiger partial charge < -0.3 is 14.5 Å². The lowest BCUT2D eigenvalue weighted by Crippen LogP contribution is -2.32. The van der Waals surface area contributed by atoms with Crippen LogP contribution in [0.4, 0.5) is 0 Å². The third-order valence-corrected chi connectivity index (χ3v) is 4.87. The van der Waals surface area contributed by atoms with Crippen LogP contribution in [0, 0.1) is 5.92 Å². The standard InChI is InChI=1S/C19H22N4O/c1-22(11-14-6-7-18-20-8-9-23(18)12-14)13-16-10-15-4-2-3-5-17(15)21-19(16)24/h2-5,8-10,14H,6-7,11-13H2,1H3,(H,21,24). The molecule has 2 aromatic heterocycles. The van der Waals surface area contributed by atoms with Crippen LogP contribution in [0.3, 0.4) is 0 Å². The highest BCUT2D eigenvalue weighted by atomic mass is 16.1. The van der Waals surface area contributed by atoms with Gasteiger partial charge in [0.05, 0.1) is 0 Å². The van der Waals surface area contributed by atoms with Gasteiger partial charge in [-0.15, -0.1) is 0 Å². The highest BCUT2D eigenvalue weighted by molar-refractivity contribution is 5.78. The lowest BCUT2D eigenvalue weighted by molar-refractivity contribution is 0.228. The summed E-state index contributed by atoms with van der Waals surface area (Å²) in [6.07, 6.45) is 6.16. The van der Waals surface area contributed by atoms with Gasteiger partial charge in [-0.05, 0) is 36.9 Å². The number of para-hydroxylation sites is 1. The van der Waals surface area contributed by atoms with E-state index in [1.807, 2.05) is 36.5 Å². The van der Waals surface area contributed by atoms with Gasteiger partial charge in [0, 0.05) is 49.5 Å². The molecule has 3 heterocycles. The van der Waals surface area contributed by atoms with Gasteiger partial charge in [-0.1, -0.05) is 18.2 Å². The number of aromatic amines is 1. The van der Waals surface area contributed by atoms with E-state index >= 15 is 0 Å². The zero-order valence-electron chi connectivity index (χ0n) is 13.9. The highest BCUT2D eigenvalue weighted by Crippen LogP contribution is 2.20. The summed E-state index contributed by atoms with van der Waals surface area (Å²) in [7, 11) is 2.10. The fourth-order valence-electron chi connectivity index (χ4n) is 3.69. The molecule has 0 saturated carbocycles. The maximum atomic E-state index is 12.3. The average molecular weight is 322 g/mol. The van der Waals surface area contributed by atoms with Gasteiger partial charge in [-0.25, -0.2) is 4.98 Å². The second-order valence-corrected chi connectivity index (χ2v) is 6.81. The molecule has 4 rings (SSSR count). The van der Waals surface area contributed by atoms with Gasteiger partial charge in [0.25, 0.3) is 5.56 Å². The zero-order valence-corrected chi connectivity index (χ0v) is 13.9. The Balaban J connectivity index is 1.46. The van der Waals surface area contributed by atoms with Crippen molar-refractivity contribution in [3.63, 3.8) is 0 Å². The molecule has 0 spiro atoms. The van der Waals surface area contributed by atoms with Crippen LogP contribution in [0.25, 0.3) is 10.9 Å². The lowest BCUT2D eigenvalue weighted by Gasteiger charge is -2.28. The number of benzene rings is 1. The number of imidazole rings is 1. The first-order valence-corrected chi connectivity index (χ1v) is 8.48. The Kier molecular flexibility index (Phi) is 3.94. The molecule has 5 heteroatoms. The minimum atomic E-state index is 0.0149. The van der Waals surface area contributed by atoms with Crippen LogP contribution < -0.4 is 5.56 Å². The molecule has 0 saturated heterocycles. The molecule has 1 atom stereocenters. The predicted molar refractivity (Wildman–Crippen MR) is 94.9 cm³/mol. The van der Waals surface area contributed by atoms with Crippen LogP contribution in [0.2, 0.25) is 0 Å². The molecule has 1 aromatic carbocycles.